The quantitative estimate of drug-likeness (QED) is 0.411. The fourth-order valence-electron chi connectivity index (χ4n) is 2.29. The number of rotatable bonds is 4. The van der Waals surface area contributed by atoms with Gasteiger partial charge in [-0.15, -0.1) is 5.11 Å². The Hall–Kier alpha value is -3.89. The Morgan fingerprint density at radius 3 is 2.37 bits per heavy atom. The third-order valence-electron chi connectivity index (χ3n) is 3.96. The van der Waals surface area contributed by atoms with Crippen molar-refractivity contribution in [1.82, 2.24) is 19.7 Å². The van der Waals surface area contributed by atoms with E-state index in [2.05, 4.69) is 25.3 Å². The summed E-state index contributed by atoms with van der Waals surface area (Å²) in [6.07, 6.45) is 0. The number of hydrogen-bond acceptors (Lipinski definition) is 7. The van der Waals surface area contributed by atoms with Gasteiger partial charge in [-0.25, -0.2) is 4.98 Å². The van der Waals surface area contributed by atoms with Crippen LogP contribution in [-0.4, -0.2) is 24.7 Å². The van der Waals surface area contributed by atoms with E-state index in [1.807, 2.05) is 0 Å². The van der Waals surface area contributed by atoms with Crippen molar-refractivity contribution in [2.45, 2.75) is 20.8 Å². The van der Waals surface area contributed by atoms with Crippen LogP contribution in [0.1, 0.15) is 17.0 Å². The molecule has 27 heavy (non-hydrogen) atoms. The van der Waals surface area contributed by atoms with Gasteiger partial charge in [-0.1, -0.05) is 0 Å². The fraction of sp³-hybridized carbons (Fsp3) is 0.188. The van der Waals surface area contributed by atoms with Crippen LogP contribution in [0.2, 0.25) is 0 Å². The molecule has 11 nitrogen and oxygen atoms in total. The SMILES string of the molecule is Cc1nc(-n2[nH]c(C)c(N=Nc3ccc([N+](=O)[O-])cc3)c2=O)[nH]c(=O)c1C. The summed E-state index contributed by atoms with van der Waals surface area (Å²) in [6.45, 7) is 4.93. The first-order valence-corrected chi connectivity index (χ1v) is 7.83. The molecule has 0 radical (unpaired) electrons. The van der Waals surface area contributed by atoms with Crippen molar-refractivity contribution in [3.8, 4) is 5.95 Å². The summed E-state index contributed by atoms with van der Waals surface area (Å²) in [6, 6.07) is 5.43. The minimum absolute atomic E-state index is 0.0363. The third-order valence-corrected chi connectivity index (χ3v) is 3.96. The molecular weight excluding hydrogens is 354 g/mol. The van der Waals surface area contributed by atoms with Crippen molar-refractivity contribution in [3.63, 3.8) is 0 Å². The topological polar surface area (TPSA) is 151 Å². The molecule has 11 heteroatoms. The summed E-state index contributed by atoms with van der Waals surface area (Å²) >= 11 is 0. The molecule has 0 unspecified atom stereocenters. The first-order chi connectivity index (χ1) is 12.8. The van der Waals surface area contributed by atoms with Crippen LogP contribution in [0, 0.1) is 30.9 Å². The summed E-state index contributed by atoms with van der Waals surface area (Å²) in [5.41, 5.74) is 0.829. The van der Waals surface area contributed by atoms with Crippen LogP contribution in [0.25, 0.3) is 5.95 Å². The highest BCUT2D eigenvalue weighted by molar-refractivity contribution is 5.45. The maximum absolute atomic E-state index is 12.6. The Morgan fingerprint density at radius 2 is 1.78 bits per heavy atom. The molecular formula is C16H15N7O4. The van der Waals surface area contributed by atoms with Crippen molar-refractivity contribution >= 4 is 17.1 Å². The monoisotopic (exact) mass is 369 g/mol. The number of nitro benzene ring substituents is 1. The Labute approximate surface area is 151 Å². The minimum atomic E-state index is -0.537. The molecule has 2 N–H and O–H groups in total. The molecule has 2 heterocycles. The van der Waals surface area contributed by atoms with Crippen molar-refractivity contribution < 1.29 is 4.92 Å². The lowest BCUT2D eigenvalue weighted by Gasteiger charge is -2.03. The van der Waals surface area contributed by atoms with Gasteiger partial charge < -0.3 is 0 Å². The molecule has 0 spiro atoms. The normalized spacial score (nSPS) is 11.2. The molecule has 0 aliphatic rings. The lowest BCUT2D eigenvalue weighted by atomic mass is 10.3. The van der Waals surface area contributed by atoms with Crippen LogP contribution in [0.5, 0.6) is 0 Å². The molecule has 3 rings (SSSR count). The molecule has 0 fully saturated rings. The van der Waals surface area contributed by atoms with Crippen LogP contribution in [0.3, 0.4) is 0 Å². The Bertz CT molecular complexity index is 1170. The summed E-state index contributed by atoms with van der Waals surface area (Å²) in [7, 11) is 0. The number of aryl methyl sites for hydroxylation is 2. The van der Waals surface area contributed by atoms with Crippen LogP contribution >= 0.6 is 0 Å². The molecule has 0 saturated heterocycles. The Kier molecular flexibility index (Phi) is 4.50. The van der Waals surface area contributed by atoms with Crippen molar-refractivity contribution in [1.29, 1.82) is 0 Å². The van der Waals surface area contributed by atoms with Crippen LogP contribution in [-0.2, 0) is 0 Å². The molecule has 0 atom stereocenters. The summed E-state index contributed by atoms with van der Waals surface area (Å²) in [4.78, 5) is 41.4. The molecule has 0 aliphatic heterocycles. The number of nitro groups is 1. The van der Waals surface area contributed by atoms with Gasteiger partial charge in [-0.05, 0) is 32.9 Å². The van der Waals surface area contributed by atoms with Gasteiger partial charge in [-0.3, -0.25) is 29.8 Å². The van der Waals surface area contributed by atoms with Gasteiger partial charge in [0, 0.05) is 23.4 Å². The first kappa shape index (κ1) is 17.9. The predicted octanol–water partition coefficient (Wildman–Crippen LogP) is 2.50. The predicted molar refractivity (Wildman–Crippen MR) is 96.3 cm³/mol. The molecule has 0 aliphatic carbocycles. The van der Waals surface area contributed by atoms with Crippen molar-refractivity contribution in [3.05, 3.63) is 72.0 Å². The molecule has 1 aromatic carbocycles. The van der Waals surface area contributed by atoms with Gasteiger partial charge in [0.15, 0.2) is 5.69 Å². The smallest absolute Gasteiger partial charge is 0.291 e. The average Bonchev–Trinajstić information content (AvgIpc) is 2.92. The number of aromatic amines is 2. The molecule has 0 saturated carbocycles. The van der Waals surface area contributed by atoms with E-state index in [1.165, 1.54) is 24.3 Å². The van der Waals surface area contributed by atoms with Gasteiger partial charge >= 0.3 is 5.56 Å². The second-order valence-corrected chi connectivity index (χ2v) is 5.80. The molecule has 3 aromatic rings. The largest absolute Gasteiger partial charge is 0.301 e. The lowest BCUT2D eigenvalue weighted by molar-refractivity contribution is -0.384. The zero-order valence-electron chi connectivity index (χ0n) is 14.7. The van der Waals surface area contributed by atoms with Crippen LogP contribution in [0.4, 0.5) is 17.1 Å². The van der Waals surface area contributed by atoms with Crippen molar-refractivity contribution in [2.75, 3.05) is 0 Å². The second-order valence-electron chi connectivity index (χ2n) is 5.80. The van der Waals surface area contributed by atoms with Gasteiger partial charge in [0.05, 0.1) is 16.3 Å². The highest BCUT2D eigenvalue weighted by Gasteiger charge is 2.15. The lowest BCUT2D eigenvalue weighted by Crippen LogP contribution is -2.23. The van der Waals surface area contributed by atoms with Crippen LogP contribution < -0.4 is 11.1 Å². The molecule has 0 amide bonds. The van der Waals surface area contributed by atoms with Gasteiger partial charge in [0.25, 0.3) is 11.2 Å². The van der Waals surface area contributed by atoms with E-state index in [0.717, 1.165) is 4.68 Å². The minimum Gasteiger partial charge on any atom is -0.291 e. The highest BCUT2D eigenvalue weighted by atomic mass is 16.6. The third kappa shape index (κ3) is 3.42. The average molecular weight is 369 g/mol. The number of nitrogens with one attached hydrogen (secondary N) is 2. The number of aromatic nitrogens is 4. The Balaban J connectivity index is 1.98. The van der Waals surface area contributed by atoms with Gasteiger partial charge in [0.1, 0.15) is 0 Å². The van der Waals surface area contributed by atoms with E-state index in [9.17, 15) is 19.7 Å². The summed E-state index contributed by atoms with van der Waals surface area (Å²) in [5.74, 6) is 0.0491. The zero-order valence-corrected chi connectivity index (χ0v) is 14.7. The van der Waals surface area contributed by atoms with E-state index >= 15 is 0 Å². The van der Waals surface area contributed by atoms with Crippen molar-refractivity contribution in [2.24, 2.45) is 10.2 Å². The van der Waals surface area contributed by atoms with Crippen LogP contribution in [0.15, 0.2) is 44.1 Å². The number of azo groups is 1. The number of hydrogen-bond donors (Lipinski definition) is 2. The molecule has 2 aromatic heterocycles. The number of nitrogens with zero attached hydrogens (tertiary/aromatic N) is 5. The van der Waals surface area contributed by atoms with E-state index < -0.39 is 10.5 Å². The second kappa shape index (κ2) is 6.78. The van der Waals surface area contributed by atoms with E-state index in [1.54, 1.807) is 20.8 Å². The van der Waals surface area contributed by atoms with Gasteiger partial charge in [-0.2, -0.15) is 9.80 Å². The zero-order chi connectivity index (χ0) is 19.7. The number of H-pyrrole nitrogens is 2. The standard InChI is InChI=1S/C16H15N7O4/c1-8-9(2)17-16(18-14(8)24)22-15(25)13(10(3)21-22)20-19-11-4-6-12(7-5-11)23(26)27/h4-7,21H,1-3H3,(H,17,18,24). The maximum Gasteiger partial charge on any atom is 0.301 e. The van der Waals surface area contributed by atoms with E-state index in [0.29, 0.717) is 22.6 Å². The summed E-state index contributed by atoms with van der Waals surface area (Å²) < 4.78 is 1.08. The Morgan fingerprint density at radius 1 is 1.11 bits per heavy atom. The highest BCUT2D eigenvalue weighted by Crippen LogP contribution is 2.21. The first-order valence-electron chi connectivity index (χ1n) is 7.83. The summed E-state index contributed by atoms with van der Waals surface area (Å²) in [5, 5.41) is 21.3. The fourth-order valence-corrected chi connectivity index (χ4v) is 2.29. The number of non-ortho nitro benzene ring substituents is 1. The van der Waals surface area contributed by atoms with Gasteiger partial charge in [0.2, 0.25) is 5.95 Å². The molecule has 0 bridgehead atoms. The van der Waals surface area contributed by atoms with E-state index in [-0.39, 0.29) is 22.9 Å². The van der Waals surface area contributed by atoms with E-state index in [4.69, 9.17) is 0 Å². The maximum atomic E-state index is 12.6. The number of benzene rings is 1. The molecule has 138 valence electrons.